The van der Waals surface area contributed by atoms with E-state index >= 15 is 0 Å². The van der Waals surface area contributed by atoms with Crippen molar-refractivity contribution >= 4 is 27.5 Å². The van der Waals surface area contributed by atoms with Gasteiger partial charge in [0.1, 0.15) is 5.75 Å². The normalized spacial score (nSPS) is 11.1. The lowest BCUT2D eigenvalue weighted by Gasteiger charge is -2.09. The van der Waals surface area contributed by atoms with Crippen LogP contribution in [0.25, 0.3) is 0 Å². The van der Waals surface area contributed by atoms with Crippen LogP contribution in [0.4, 0.5) is 5.69 Å². The van der Waals surface area contributed by atoms with Crippen molar-refractivity contribution < 1.29 is 13.2 Å². The molecule has 0 aromatic heterocycles. The van der Waals surface area contributed by atoms with E-state index in [2.05, 4.69) is 4.72 Å². The van der Waals surface area contributed by atoms with Crippen molar-refractivity contribution in [3.8, 4) is 5.75 Å². The number of halogens is 1. The average molecular weight is 237 g/mol. The molecule has 0 spiro atoms. The lowest BCUT2D eigenvalue weighted by Crippen LogP contribution is -2.22. The Hall–Kier alpha value is -0.980. The van der Waals surface area contributed by atoms with E-state index in [9.17, 15) is 8.42 Å². The highest BCUT2D eigenvalue weighted by Crippen LogP contribution is 2.27. The zero-order chi connectivity index (χ0) is 10.8. The number of ether oxygens (including phenoxy) is 1. The van der Waals surface area contributed by atoms with E-state index in [4.69, 9.17) is 21.5 Å². The monoisotopic (exact) mass is 236 g/mol. The van der Waals surface area contributed by atoms with Crippen LogP contribution in [-0.2, 0) is 10.2 Å². The summed E-state index contributed by atoms with van der Waals surface area (Å²) in [5.41, 5.74) is 0.211. The van der Waals surface area contributed by atoms with Crippen molar-refractivity contribution in [1.82, 2.24) is 0 Å². The number of rotatable bonds is 3. The third-order valence-electron chi connectivity index (χ3n) is 1.41. The molecule has 0 aliphatic rings. The first-order valence-corrected chi connectivity index (χ1v) is 5.49. The van der Waals surface area contributed by atoms with E-state index in [1.807, 2.05) is 0 Å². The second-order valence-corrected chi connectivity index (χ2v) is 4.22. The zero-order valence-electron chi connectivity index (χ0n) is 7.32. The molecule has 14 heavy (non-hydrogen) atoms. The molecule has 0 bridgehead atoms. The summed E-state index contributed by atoms with van der Waals surface area (Å²) >= 11 is 5.67. The number of hydrogen-bond acceptors (Lipinski definition) is 3. The van der Waals surface area contributed by atoms with E-state index < -0.39 is 10.2 Å². The third-order valence-corrected chi connectivity index (χ3v) is 2.15. The topological polar surface area (TPSA) is 81.4 Å². The number of nitrogens with one attached hydrogen (secondary N) is 1. The minimum atomic E-state index is -3.82. The molecular weight excluding hydrogens is 228 g/mol. The quantitative estimate of drug-likeness (QED) is 0.820. The van der Waals surface area contributed by atoms with Gasteiger partial charge in [0.05, 0.1) is 12.8 Å². The summed E-state index contributed by atoms with van der Waals surface area (Å²) in [6.45, 7) is 0. The first kappa shape index (κ1) is 11.1. The molecule has 78 valence electrons. The van der Waals surface area contributed by atoms with Gasteiger partial charge >= 0.3 is 0 Å². The van der Waals surface area contributed by atoms with E-state index in [-0.39, 0.29) is 5.69 Å². The zero-order valence-corrected chi connectivity index (χ0v) is 8.89. The number of methoxy groups -OCH3 is 1. The predicted octanol–water partition coefficient (Wildman–Crippen LogP) is 0.964. The Morgan fingerprint density at radius 1 is 1.50 bits per heavy atom. The van der Waals surface area contributed by atoms with Gasteiger partial charge < -0.3 is 4.74 Å². The minimum absolute atomic E-state index is 0.211. The van der Waals surface area contributed by atoms with Gasteiger partial charge in [-0.1, -0.05) is 11.6 Å². The molecule has 7 heteroatoms. The first-order valence-electron chi connectivity index (χ1n) is 3.56. The van der Waals surface area contributed by atoms with E-state index in [0.29, 0.717) is 10.8 Å². The van der Waals surface area contributed by atoms with Crippen LogP contribution < -0.4 is 14.6 Å². The van der Waals surface area contributed by atoms with Gasteiger partial charge in [-0.2, -0.15) is 8.42 Å². The van der Waals surface area contributed by atoms with Gasteiger partial charge in [0.25, 0.3) is 10.2 Å². The molecule has 0 radical (unpaired) electrons. The Kier molecular flexibility index (Phi) is 3.20. The molecule has 0 atom stereocenters. The van der Waals surface area contributed by atoms with Crippen molar-refractivity contribution in [2.24, 2.45) is 5.14 Å². The van der Waals surface area contributed by atoms with Crippen LogP contribution in [0.1, 0.15) is 0 Å². The molecule has 0 saturated carbocycles. The van der Waals surface area contributed by atoms with Crippen molar-refractivity contribution in [3.05, 3.63) is 23.2 Å². The Bertz CT molecular complexity index is 433. The maximum atomic E-state index is 10.7. The Balaban J connectivity index is 3.11. The maximum absolute atomic E-state index is 10.7. The van der Waals surface area contributed by atoms with Crippen LogP contribution in [-0.4, -0.2) is 15.5 Å². The summed E-state index contributed by atoms with van der Waals surface area (Å²) in [6, 6.07) is 4.52. The van der Waals surface area contributed by atoms with Gasteiger partial charge in [-0.05, 0) is 18.2 Å². The first-order chi connectivity index (χ1) is 6.42. The molecule has 1 aromatic carbocycles. The highest BCUT2D eigenvalue weighted by molar-refractivity contribution is 7.90. The van der Waals surface area contributed by atoms with Gasteiger partial charge in [-0.15, -0.1) is 0 Å². The van der Waals surface area contributed by atoms with Crippen LogP contribution in [0.2, 0.25) is 5.02 Å². The summed E-state index contributed by atoms with van der Waals surface area (Å²) in [6.07, 6.45) is 0. The fraction of sp³-hybridized carbons (Fsp3) is 0.143. The van der Waals surface area contributed by atoms with Gasteiger partial charge in [0.2, 0.25) is 0 Å². The summed E-state index contributed by atoms with van der Waals surface area (Å²) in [4.78, 5) is 0. The second-order valence-electron chi connectivity index (χ2n) is 2.49. The number of nitrogens with two attached hydrogens (primary N) is 1. The van der Waals surface area contributed by atoms with Crippen molar-refractivity contribution in [3.63, 3.8) is 0 Å². The molecule has 5 nitrogen and oxygen atoms in total. The summed E-state index contributed by atoms with van der Waals surface area (Å²) in [7, 11) is -2.40. The summed E-state index contributed by atoms with van der Waals surface area (Å²) < 4.78 is 28.5. The van der Waals surface area contributed by atoms with Gasteiger partial charge in [-0.3, -0.25) is 4.72 Å². The lowest BCUT2D eigenvalue weighted by atomic mass is 10.3. The average Bonchev–Trinajstić information content (AvgIpc) is 2.01. The van der Waals surface area contributed by atoms with Crippen LogP contribution in [0.5, 0.6) is 5.75 Å². The van der Waals surface area contributed by atoms with Gasteiger partial charge in [0, 0.05) is 5.02 Å². The highest BCUT2D eigenvalue weighted by Gasteiger charge is 2.08. The fourth-order valence-corrected chi connectivity index (χ4v) is 1.55. The van der Waals surface area contributed by atoms with Crippen molar-refractivity contribution in [2.75, 3.05) is 11.8 Å². The van der Waals surface area contributed by atoms with E-state index in [0.717, 1.165) is 0 Å². The number of hydrogen-bond donors (Lipinski definition) is 2. The Morgan fingerprint density at radius 3 is 2.64 bits per heavy atom. The molecule has 3 N–H and O–H groups in total. The molecule has 0 saturated heterocycles. The van der Waals surface area contributed by atoms with Gasteiger partial charge in [-0.25, -0.2) is 5.14 Å². The molecule has 0 aliphatic heterocycles. The molecule has 0 fully saturated rings. The number of benzene rings is 1. The molecule has 1 rings (SSSR count). The molecule has 0 amide bonds. The maximum Gasteiger partial charge on any atom is 0.296 e. The fourth-order valence-electron chi connectivity index (χ4n) is 0.913. The molecule has 0 heterocycles. The van der Waals surface area contributed by atoms with E-state index in [1.165, 1.54) is 19.2 Å². The third kappa shape index (κ3) is 3.06. The Labute approximate surface area is 87.0 Å². The van der Waals surface area contributed by atoms with Crippen LogP contribution in [0.15, 0.2) is 18.2 Å². The van der Waals surface area contributed by atoms with Crippen molar-refractivity contribution in [2.45, 2.75) is 0 Å². The predicted molar refractivity (Wildman–Crippen MR) is 54.7 cm³/mol. The van der Waals surface area contributed by atoms with E-state index in [1.54, 1.807) is 6.07 Å². The minimum Gasteiger partial charge on any atom is -0.495 e. The van der Waals surface area contributed by atoms with Crippen LogP contribution in [0.3, 0.4) is 0 Å². The summed E-state index contributed by atoms with van der Waals surface area (Å²) in [5, 5.41) is 5.19. The number of anilines is 1. The summed E-state index contributed by atoms with van der Waals surface area (Å²) in [5.74, 6) is 0.350. The molecule has 1 aromatic rings. The molecule has 0 unspecified atom stereocenters. The van der Waals surface area contributed by atoms with Gasteiger partial charge in [0.15, 0.2) is 0 Å². The van der Waals surface area contributed by atoms with Crippen molar-refractivity contribution in [1.29, 1.82) is 0 Å². The SMILES string of the molecule is COc1ccc(Cl)cc1NS(N)(=O)=O. The second kappa shape index (κ2) is 4.04. The highest BCUT2D eigenvalue weighted by atomic mass is 35.5. The lowest BCUT2D eigenvalue weighted by molar-refractivity contribution is 0.417. The largest absolute Gasteiger partial charge is 0.495 e. The molecule has 0 aliphatic carbocycles. The Morgan fingerprint density at radius 2 is 2.14 bits per heavy atom. The molecular formula is C7H9ClN2O3S. The van der Waals surface area contributed by atoms with Crippen LogP contribution >= 0.6 is 11.6 Å². The van der Waals surface area contributed by atoms with Crippen LogP contribution in [0, 0.1) is 0 Å². The smallest absolute Gasteiger partial charge is 0.296 e. The standard InChI is InChI=1S/C7H9ClN2O3S/c1-13-7-3-2-5(8)4-6(7)10-14(9,11)12/h2-4,10H,1H3,(H2,9,11,12).